The molecule has 1 saturated carbocycles. The molecule has 12 heteroatoms. The summed E-state index contributed by atoms with van der Waals surface area (Å²) in [7, 11) is 0. The standard InChI is InChI=1S/C38H33F3N6O3/c1-2-24-27(40)7-6-20-13-23(48)14-25(31(20)24)26-15-30-32-34(33(26)41)44-37(49-19-38-10-4-12-46(38)18-22(39)16-38)45-36(32)47(28-8-9-29(28)50-30)17-21-5-3-11-43-35(21)42/h1,3,5-7,11,13-15,22,28-29,48H,4,8-10,12,16-19H2,(H2,42,43)/t22-,28+,29-,38+/m1/s1. The number of hydrogen-bond donors (Lipinski definition) is 2. The molecule has 2 aromatic heterocycles. The lowest BCUT2D eigenvalue weighted by Gasteiger charge is -2.42. The number of benzene rings is 3. The maximum atomic E-state index is 17.3. The van der Waals surface area contributed by atoms with E-state index >= 15 is 8.78 Å². The molecule has 0 bridgehead atoms. The van der Waals surface area contributed by atoms with Gasteiger partial charge in [-0.2, -0.15) is 9.97 Å². The van der Waals surface area contributed by atoms with Crippen molar-refractivity contribution in [1.29, 1.82) is 0 Å². The van der Waals surface area contributed by atoms with E-state index in [1.165, 1.54) is 24.3 Å². The van der Waals surface area contributed by atoms with Gasteiger partial charge in [-0.15, -0.1) is 6.42 Å². The van der Waals surface area contributed by atoms with Crippen LogP contribution in [0.5, 0.6) is 17.5 Å². The highest BCUT2D eigenvalue weighted by Crippen LogP contribution is 2.49. The molecule has 4 atom stereocenters. The largest absolute Gasteiger partial charge is 0.508 e. The van der Waals surface area contributed by atoms with Crippen LogP contribution in [0.1, 0.15) is 43.2 Å². The lowest BCUT2D eigenvalue weighted by atomic mass is 9.87. The quantitative estimate of drug-likeness (QED) is 0.201. The van der Waals surface area contributed by atoms with E-state index in [0.717, 1.165) is 37.8 Å². The van der Waals surface area contributed by atoms with Gasteiger partial charge < -0.3 is 25.2 Å². The Morgan fingerprint density at radius 1 is 1.12 bits per heavy atom. The number of nitrogen functional groups attached to an aromatic ring is 1. The smallest absolute Gasteiger partial charge is 0.319 e. The van der Waals surface area contributed by atoms with Crippen molar-refractivity contribution >= 4 is 33.3 Å². The van der Waals surface area contributed by atoms with Crippen molar-refractivity contribution in [2.24, 2.45) is 0 Å². The van der Waals surface area contributed by atoms with Crippen LogP contribution in [0.4, 0.5) is 24.8 Å². The SMILES string of the molecule is C#Cc1c(F)ccc2cc(O)cc(-c3cc4c5c(nc(OC[C@@]67CCCN6C[C@H](F)C7)nc5c3F)N(Cc3cccnc3N)[C@H]3CC[C@H]3O4)c12. The molecule has 0 amide bonds. The number of aromatic hydroxyl groups is 1. The van der Waals surface area contributed by atoms with Gasteiger partial charge in [0.25, 0.3) is 0 Å². The van der Waals surface area contributed by atoms with Gasteiger partial charge in [0, 0.05) is 42.2 Å². The lowest BCUT2D eigenvalue weighted by molar-refractivity contribution is 0.0914. The summed E-state index contributed by atoms with van der Waals surface area (Å²) in [5.74, 6) is 1.97. The van der Waals surface area contributed by atoms with Crippen LogP contribution < -0.4 is 20.1 Å². The highest BCUT2D eigenvalue weighted by atomic mass is 19.1. The van der Waals surface area contributed by atoms with Crippen LogP contribution >= 0.6 is 0 Å². The molecule has 3 N–H and O–H groups in total. The second kappa shape index (κ2) is 11.4. The summed E-state index contributed by atoms with van der Waals surface area (Å²) in [5, 5.41) is 11.8. The summed E-state index contributed by atoms with van der Waals surface area (Å²) < 4.78 is 59.9. The Bertz CT molecular complexity index is 2260. The van der Waals surface area contributed by atoms with Gasteiger partial charge in [0.15, 0.2) is 5.82 Å². The topological polar surface area (TPSA) is 110 Å². The van der Waals surface area contributed by atoms with Crippen molar-refractivity contribution in [1.82, 2.24) is 19.9 Å². The summed E-state index contributed by atoms with van der Waals surface area (Å²) in [6.07, 6.45) is 9.75. The van der Waals surface area contributed by atoms with Crippen molar-refractivity contribution in [3.63, 3.8) is 0 Å². The van der Waals surface area contributed by atoms with Crippen molar-refractivity contribution in [3.05, 3.63) is 71.4 Å². The summed E-state index contributed by atoms with van der Waals surface area (Å²) in [4.78, 5) is 18.0. The number of halogens is 3. The maximum Gasteiger partial charge on any atom is 0.319 e. The van der Waals surface area contributed by atoms with Gasteiger partial charge in [0.05, 0.1) is 22.5 Å². The Balaban J connectivity index is 1.26. The van der Waals surface area contributed by atoms with Crippen molar-refractivity contribution < 1.29 is 27.8 Å². The molecule has 3 aromatic carbocycles. The molecule has 9 rings (SSSR count). The van der Waals surface area contributed by atoms with Gasteiger partial charge in [0.2, 0.25) is 0 Å². The molecule has 4 aliphatic rings. The number of nitrogens with two attached hydrogens (primary N) is 1. The van der Waals surface area contributed by atoms with Crippen LogP contribution in [-0.2, 0) is 6.54 Å². The maximum absolute atomic E-state index is 17.3. The van der Waals surface area contributed by atoms with Crippen LogP contribution in [-0.4, -0.2) is 68.5 Å². The molecular weight excluding hydrogens is 645 g/mol. The van der Waals surface area contributed by atoms with Crippen molar-refractivity contribution in [3.8, 4) is 41.0 Å². The van der Waals surface area contributed by atoms with E-state index < -0.39 is 23.3 Å². The summed E-state index contributed by atoms with van der Waals surface area (Å²) in [6.45, 7) is 1.61. The van der Waals surface area contributed by atoms with Crippen LogP contribution in [0.15, 0.2) is 48.7 Å². The zero-order valence-electron chi connectivity index (χ0n) is 27.0. The second-order valence-electron chi connectivity index (χ2n) is 13.8. The van der Waals surface area contributed by atoms with Gasteiger partial charge in [0.1, 0.15) is 53.4 Å². The molecule has 9 nitrogen and oxygen atoms in total. The fourth-order valence-electron chi connectivity index (χ4n) is 8.42. The van der Waals surface area contributed by atoms with Gasteiger partial charge in [-0.1, -0.05) is 18.1 Å². The first-order valence-electron chi connectivity index (χ1n) is 16.8. The van der Waals surface area contributed by atoms with Gasteiger partial charge in [-0.25, -0.2) is 18.2 Å². The summed E-state index contributed by atoms with van der Waals surface area (Å²) in [6, 6.07) is 10.6. The molecule has 2 saturated heterocycles. The number of phenolic OH excluding ortho intramolecular Hbond substituents is 1. The Morgan fingerprint density at radius 3 is 2.80 bits per heavy atom. The number of fused-ring (bicyclic) bond motifs is 3. The predicted octanol–water partition coefficient (Wildman–Crippen LogP) is 6.28. The molecule has 0 spiro atoms. The Kier molecular flexibility index (Phi) is 7.00. The van der Waals surface area contributed by atoms with E-state index in [2.05, 4.69) is 25.7 Å². The van der Waals surface area contributed by atoms with Crippen LogP contribution in [0, 0.1) is 24.0 Å². The first-order chi connectivity index (χ1) is 24.2. The highest BCUT2D eigenvalue weighted by Gasteiger charge is 2.50. The molecule has 50 heavy (non-hydrogen) atoms. The number of terminal acetylenes is 1. The van der Waals surface area contributed by atoms with E-state index in [0.29, 0.717) is 47.7 Å². The van der Waals surface area contributed by atoms with E-state index in [1.807, 2.05) is 12.1 Å². The monoisotopic (exact) mass is 678 g/mol. The number of nitrogens with zero attached hydrogens (tertiary/aromatic N) is 5. The van der Waals surface area contributed by atoms with E-state index in [1.54, 1.807) is 12.3 Å². The zero-order chi connectivity index (χ0) is 34.3. The Hall–Kier alpha value is -5.28. The van der Waals surface area contributed by atoms with Gasteiger partial charge >= 0.3 is 6.01 Å². The van der Waals surface area contributed by atoms with Crippen LogP contribution in [0.3, 0.4) is 0 Å². The van der Waals surface area contributed by atoms with Crippen LogP contribution in [0.25, 0.3) is 32.8 Å². The summed E-state index contributed by atoms with van der Waals surface area (Å²) in [5.41, 5.74) is 6.64. The average Bonchev–Trinajstić information content (AvgIpc) is 3.60. The normalized spacial score (nSPS) is 24.0. The number of phenols is 1. The number of pyridine rings is 1. The zero-order valence-corrected chi connectivity index (χ0v) is 27.0. The van der Waals surface area contributed by atoms with E-state index in [-0.39, 0.29) is 58.1 Å². The molecule has 254 valence electrons. The molecule has 3 aliphatic heterocycles. The Morgan fingerprint density at radius 2 is 2.00 bits per heavy atom. The molecule has 0 radical (unpaired) electrons. The first kappa shape index (κ1) is 30.8. The minimum Gasteiger partial charge on any atom is -0.508 e. The van der Waals surface area contributed by atoms with Gasteiger partial charge in [-0.3, -0.25) is 4.90 Å². The molecule has 0 unspecified atom stereocenters. The van der Waals surface area contributed by atoms with E-state index in [9.17, 15) is 9.50 Å². The fraction of sp³-hybridized carbons (Fsp3) is 0.342. The number of anilines is 2. The number of alkyl halides is 1. The molecule has 3 fully saturated rings. The molecule has 1 aliphatic carbocycles. The number of ether oxygens (including phenoxy) is 2. The summed E-state index contributed by atoms with van der Waals surface area (Å²) >= 11 is 0. The number of aromatic nitrogens is 3. The van der Waals surface area contributed by atoms with E-state index in [4.69, 9.17) is 26.6 Å². The number of rotatable bonds is 6. The van der Waals surface area contributed by atoms with Crippen molar-refractivity contribution in [2.75, 3.05) is 30.3 Å². The fourth-order valence-corrected chi connectivity index (χ4v) is 8.42. The van der Waals surface area contributed by atoms with Crippen molar-refractivity contribution in [2.45, 2.75) is 62.5 Å². The van der Waals surface area contributed by atoms with Gasteiger partial charge in [-0.05, 0) is 73.5 Å². The minimum absolute atomic E-state index is 0.0172. The Labute approximate surface area is 285 Å². The third-order valence-corrected chi connectivity index (χ3v) is 10.9. The van der Waals surface area contributed by atoms with Crippen LogP contribution in [0.2, 0.25) is 0 Å². The lowest BCUT2D eigenvalue weighted by Crippen LogP contribution is -2.52. The minimum atomic E-state index is -0.952. The molecule has 5 heterocycles. The molecule has 5 aromatic rings. The third kappa shape index (κ3) is 4.70. The second-order valence-corrected chi connectivity index (χ2v) is 13.8. The third-order valence-electron chi connectivity index (χ3n) is 10.9. The average molecular weight is 679 g/mol. The predicted molar refractivity (Wildman–Crippen MR) is 183 cm³/mol. The highest BCUT2D eigenvalue weighted by molar-refractivity contribution is 6.06. The number of hydrogen-bond acceptors (Lipinski definition) is 9. The molecular formula is C38H33F3N6O3. The first-order valence-corrected chi connectivity index (χ1v) is 16.8.